The Labute approximate surface area is 382 Å². The maximum absolute atomic E-state index is 13.2. The van der Waals surface area contributed by atoms with Crippen molar-refractivity contribution in [2.24, 2.45) is 0 Å². The molecular weight excluding hydrogens is 877 g/mol. The highest BCUT2D eigenvalue weighted by Gasteiger charge is 2.40. The Bertz CT molecular complexity index is 2470. The standard InChI is InChI=1S/C44H53ClN11O8P/c1-62-37-23-29(11-12-34(37)50-44-46-24-32(45)41(52-44)49-35-8-4-5-10-38(35)65(61,63-2)64-3)54-17-15-28(16-18-54)55-21-19-53(20-22-55)26-40(58)48-27-47-33-9-6-7-30-31(33)25-56(43(30)60)36-13-14-39(57)51-42(36)59/h4-12,23-24,28,36,47H,13-22,25-27H2,1-3H3,(H,48,58)(H,51,57,59)(H2,46,49,50,52). The Morgan fingerprint density at radius 1 is 0.892 bits per heavy atom. The summed E-state index contributed by atoms with van der Waals surface area (Å²) in [5.41, 5.74) is 4.18. The molecule has 5 heterocycles. The number of piperazine rings is 1. The van der Waals surface area contributed by atoms with Gasteiger partial charge in [-0.1, -0.05) is 29.8 Å². The number of hydrogen-bond donors (Lipinski definition) is 5. The van der Waals surface area contributed by atoms with E-state index < -0.39 is 19.5 Å². The lowest BCUT2D eigenvalue weighted by Gasteiger charge is -2.43. The minimum Gasteiger partial charge on any atom is -0.494 e. The van der Waals surface area contributed by atoms with E-state index in [1.807, 2.05) is 24.3 Å². The Kier molecular flexibility index (Phi) is 14.2. The highest BCUT2D eigenvalue weighted by molar-refractivity contribution is 7.62. The van der Waals surface area contributed by atoms with Gasteiger partial charge in [0.05, 0.1) is 43.2 Å². The van der Waals surface area contributed by atoms with Crippen LogP contribution in [-0.2, 0) is 34.5 Å². The summed E-state index contributed by atoms with van der Waals surface area (Å²) >= 11 is 6.48. The molecule has 0 radical (unpaired) electrons. The number of piperidine rings is 2. The van der Waals surface area contributed by atoms with Gasteiger partial charge < -0.3 is 44.9 Å². The topological polar surface area (TPSA) is 212 Å². The molecule has 3 saturated heterocycles. The van der Waals surface area contributed by atoms with Crippen molar-refractivity contribution in [1.82, 2.24) is 35.3 Å². The number of aromatic nitrogens is 2. The van der Waals surface area contributed by atoms with E-state index in [2.05, 4.69) is 51.3 Å². The number of rotatable bonds is 16. The maximum Gasteiger partial charge on any atom is 0.362 e. The number of carbonyl (C=O) groups excluding carboxylic acids is 4. The molecule has 1 aromatic heterocycles. The number of anilines is 6. The summed E-state index contributed by atoms with van der Waals surface area (Å²) in [6.07, 6.45) is 3.98. The van der Waals surface area contributed by atoms with Crippen LogP contribution in [0.3, 0.4) is 0 Å². The first-order valence-electron chi connectivity index (χ1n) is 21.5. The van der Waals surface area contributed by atoms with Gasteiger partial charge >= 0.3 is 7.60 Å². The number of para-hydroxylation sites is 1. The molecule has 0 bridgehead atoms. The summed E-state index contributed by atoms with van der Waals surface area (Å²) in [4.78, 5) is 67.8. The lowest BCUT2D eigenvalue weighted by molar-refractivity contribution is -0.137. The van der Waals surface area contributed by atoms with Gasteiger partial charge in [-0.15, -0.1) is 0 Å². The number of ether oxygens (including phenoxy) is 1. The number of methoxy groups -OCH3 is 1. The Hall–Kier alpha value is -5.82. The van der Waals surface area contributed by atoms with Crippen molar-refractivity contribution in [2.75, 3.05) is 94.7 Å². The van der Waals surface area contributed by atoms with E-state index in [4.69, 9.17) is 25.4 Å². The normalized spacial score (nSPS) is 18.6. The average molecular weight is 930 g/mol. The number of benzene rings is 3. The molecule has 21 heteroatoms. The minimum atomic E-state index is -3.57. The molecule has 4 aliphatic rings. The number of fused-ring (bicyclic) bond motifs is 1. The number of nitrogens with one attached hydrogen (secondary N) is 5. The van der Waals surface area contributed by atoms with E-state index in [0.29, 0.717) is 52.8 Å². The van der Waals surface area contributed by atoms with Crippen LogP contribution in [0.15, 0.2) is 66.9 Å². The quantitative estimate of drug-likeness (QED) is 0.0603. The fourth-order valence-corrected chi connectivity index (χ4v) is 10.2. The Balaban J connectivity index is 0.780. The Morgan fingerprint density at radius 2 is 1.65 bits per heavy atom. The number of halogens is 1. The molecule has 3 aromatic carbocycles. The molecule has 4 aromatic rings. The second-order valence-electron chi connectivity index (χ2n) is 16.1. The summed E-state index contributed by atoms with van der Waals surface area (Å²) in [5, 5.41) is 15.5. The molecule has 0 aliphatic carbocycles. The second-order valence-corrected chi connectivity index (χ2v) is 18.7. The monoisotopic (exact) mass is 929 g/mol. The summed E-state index contributed by atoms with van der Waals surface area (Å²) in [7, 11) is 0.698. The van der Waals surface area contributed by atoms with E-state index in [0.717, 1.165) is 69.0 Å². The summed E-state index contributed by atoms with van der Waals surface area (Å²) in [6, 6.07) is 18.0. The fourth-order valence-electron chi connectivity index (χ4n) is 8.86. The zero-order chi connectivity index (χ0) is 45.7. The molecule has 344 valence electrons. The lowest BCUT2D eigenvalue weighted by Crippen LogP contribution is -2.54. The molecule has 1 unspecified atom stereocenters. The van der Waals surface area contributed by atoms with Gasteiger partial charge in [-0.25, -0.2) is 4.98 Å². The van der Waals surface area contributed by atoms with Crippen LogP contribution < -0.4 is 41.5 Å². The van der Waals surface area contributed by atoms with Gasteiger partial charge in [0.25, 0.3) is 5.91 Å². The number of amides is 4. The van der Waals surface area contributed by atoms with E-state index in [1.54, 1.807) is 43.5 Å². The van der Waals surface area contributed by atoms with Crippen molar-refractivity contribution in [2.45, 2.75) is 44.3 Å². The summed E-state index contributed by atoms with van der Waals surface area (Å²) < 4.78 is 29.4. The van der Waals surface area contributed by atoms with Gasteiger partial charge in [-0.3, -0.25) is 38.9 Å². The largest absolute Gasteiger partial charge is 0.494 e. The lowest BCUT2D eigenvalue weighted by atomic mass is 10.0. The van der Waals surface area contributed by atoms with Gasteiger partial charge in [-0.2, -0.15) is 4.98 Å². The number of carbonyl (C=O) groups is 4. The van der Waals surface area contributed by atoms with Crippen LogP contribution in [0.4, 0.5) is 34.5 Å². The summed E-state index contributed by atoms with van der Waals surface area (Å²) in [5.74, 6) is 0.0839. The third-order valence-corrected chi connectivity index (χ3v) is 14.6. The van der Waals surface area contributed by atoms with E-state index in [1.165, 1.54) is 25.3 Å². The first-order valence-corrected chi connectivity index (χ1v) is 23.4. The molecule has 8 rings (SSSR count). The smallest absolute Gasteiger partial charge is 0.362 e. The molecular formula is C44H53ClN11O8P. The maximum atomic E-state index is 13.2. The third-order valence-electron chi connectivity index (χ3n) is 12.4. The van der Waals surface area contributed by atoms with Gasteiger partial charge in [0.15, 0.2) is 5.82 Å². The molecule has 0 saturated carbocycles. The van der Waals surface area contributed by atoms with Crippen molar-refractivity contribution in [3.63, 3.8) is 0 Å². The zero-order valence-corrected chi connectivity index (χ0v) is 38.1. The molecule has 5 N–H and O–H groups in total. The van der Waals surface area contributed by atoms with Crippen LogP contribution in [0.25, 0.3) is 0 Å². The van der Waals surface area contributed by atoms with Crippen molar-refractivity contribution in [1.29, 1.82) is 0 Å². The second kappa shape index (κ2) is 20.1. The van der Waals surface area contributed by atoms with Gasteiger partial charge in [-0.05, 0) is 55.7 Å². The van der Waals surface area contributed by atoms with Crippen molar-refractivity contribution < 1.29 is 37.5 Å². The zero-order valence-electron chi connectivity index (χ0n) is 36.5. The van der Waals surface area contributed by atoms with Crippen LogP contribution >= 0.6 is 19.2 Å². The van der Waals surface area contributed by atoms with Crippen molar-refractivity contribution >= 4 is 82.6 Å². The molecule has 3 fully saturated rings. The minimum absolute atomic E-state index is 0.0895. The van der Waals surface area contributed by atoms with E-state index in [-0.39, 0.29) is 48.3 Å². The molecule has 4 amide bonds. The van der Waals surface area contributed by atoms with Gasteiger partial charge in [0.1, 0.15) is 16.8 Å². The SMILES string of the molecule is COc1cc(N2CCC(N3CCN(CC(=O)NCNc4cccc5c4CN(C4CCC(=O)NC4=O)C5=O)CC3)CC2)ccc1Nc1ncc(Cl)c(Nc2ccccc2P(=O)(OC)OC)n1. The van der Waals surface area contributed by atoms with Crippen LogP contribution in [0, 0.1) is 0 Å². The number of nitrogens with zero attached hydrogens (tertiary/aromatic N) is 6. The number of hydrogen-bond acceptors (Lipinski definition) is 16. The van der Waals surface area contributed by atoms with Crippen LogP contribution in [0.1, 0.15) is 41.6 Å². The van der Waals surface area contributed by atoms with E-state index >= 15 is 0 Å². The number of imide groups is 1. The fraction of sp³-hybridized carbons (Fsp3) is 0.409. The van der Waals surface area contributed by atoms with Crippen LogP contribution in [0.2, 0.25) is 5.02 Å². The van der Waals surface area contributed by atoms with Gasteiger partial charge in [0.2, 0.25) is 23.7 Å². The van der Waals surface area contributed by atoms with Crippen molar-refractivity contribution in [3.05, 3.63) is 83.0 Å². The van der Waals surface area contributed by atoms with Crippen LogP contribution in [0.5, 0.6) is 5.75 Å². The first kappa shape index (κ1) is 45.7. The third kappa shape index (κ3) is 10.2. The van der Waals surface area contributed by atoms with Gasteiger partial charge in [0, 0.05) is 101 Å². The Morgan fingerprint density at radius 3 is 2.38 bits per heavy atom. The van der Waals surface area contributed by atoms with Crippen molar-refractivity contribution in [3.8, 4) is 5.75 Å². The molecule has 19 nitrogen and oxygen atoms in total. The molecule has 1 atom stereocenters. The average Bonchev–Trinajstić information content (AvgIpc) is 3.66. The highest BCUT2D eigenvalue weighted by Crippen LogP contribution is 2.47. The first-order chi connectivity index (χ1) is 31.5. The predicted octanol–water partition coefficient (Wildman–Crippen LogP) is 4.27. The predicted molar refractivity (Wildman–Crippen MR) is 247 cm³/mol. The molecule has 65 heavy (non-hydrogen) atoms. The van der Waals surface area contributed by atoms with Crippen LogP contribution in [-0.4, -0.2) is 134 Å². The summed E-state index contributed by atoms with van der Waals surface area (Å²) in [6.45, 7) is 5.87. The molecule has 4 aliphatic heterocycles. The molecule has 0 spiro atoms. The highest BCUT2D eigenvalue weighted by atomic mass is 35.5. The van der Waals surface area contributed by atoms with E-state index in [9.17, 15) is 23.7 Å².